The first-order valence-electron chi connectivity index (χ1n) is 3.74. The molecule has 0 saturated carbocycles. The zero-order chi connectivity index (χ0) is 8.32. The summed E-state index contributed by atoms with van der Waals surface area (Å²) in [7, 11) is 1.72. The van der Waals surface area contributed by atoms with Crippen LogP contribution in [0.3, 0.4) is 0 Å². The Morgan fingerprint density at radius 3 is 2.82 bits per heavy atom. The van der Waals surface area contributed by atoms with Crippen molar-refractivity contribution in [1.29, 1.82) is 0 Å². The largest absolute Gasteiger partial charge is 0.348 e. The first-order chi connectivity index (χ1) is 5.14. The molecular weight excluding hydrogens is 146 g/mol. The summed E-state index contributed by atoms with van der Waals surface area (Å²) in [5, 5.41) is 0. The fourth-order valence-electron chi connectivity index (χ4n) is 1.02. The van der Waals surface area contributed by atoms with Crippen LogP contribution in [0.5, 0.6) is 0 Å². The lowest BCUT2D eigenvalue weighted by Crippen LogP contribution is -2.26. The van der Waals surface area contributed by atoms with Crippen LogP contribution in [0.25, 0.3) is 0 Å². The molecule has 66 valence electrons. The van der Waals surface area contributed by atoms with Gasteiger partial charge in [-0.05, 0) is 13.8 Å². The molecular formula is C7H15NO3. The van der Waals surface area contributed by atoms with Crippen molar-refractivity contribution in [3.05, 3.63) is 0 Å². The number of nitrogens with one attached hydrogen (secondary N) is 1. The summed E-state index contributed by atoms with van der Waals surface area (Å²) in [6, 6.07) is 0. The summed E-state index contributed by atoms with van der Waals surface area (Å²) in [6.07, 6.45) is 0.0532. The van der Waals surface area contributed by atoms with Gasteiger partial charge in [0, 0.05) is 7.05 Å². The fraction of sp³-hybridized carbons (Fsp3) is 1.00. The maximum Gasteiger partial charge on any atom is 0.163 e. The van der Waals surface area contributed by atoms with Gasteiger partial charge in [-0.25, -0.2) is 5.48 Å². The Morgan fingerprint density at radius 2 is 2.36 bits per heavy atom. The Labute approximate surface area is 66.8 Å². The van der Waals surface area contributed by atoms with Gasteiger partial charge >= 0.3 is 0 Å². The molecule has 1 aliphatic rings. The Bertz CT molecular complexity index is 127. The molecule has 11 heavy (non-hydrogen) atoms. The van der Waals surface area contributed by atoms with E-state index >= 15 is 0 Å². The molecule has 4 nitrogen and oxygen atoms in total. The van der Waals surface area contributed by atoms with Crippen LogP contribution >= 0.6 is 0 Å². The van der Waals surface area contributed by atoms with Gasteiger partial charge in [-0.3, -0.25) is 4.84 Å². The minimum Gasteiger partial charge on any atom is -0.348 e. The average molecular weight is 161 g/mol. The zero-order valence-corrected chi connectivity index (χ0v) is 7.22. The lowest BCUT2D eigenvalue weighted by atomic mass is 10.4. The first kappa shape index (κ1) is 8.93. The molecule has 0 amide bonds. The van der Waals surface area contributed by atoms with Gasteiger partial charge in [0.15, 0.2) is 5.79 Å². The van der Waals surface area contributed by atoms with E-state index in [1.54, 1.807) is 7.05 Å². The molecule has 0 spiro atoms. The second-order valence-corrected chi connectivity index (χ2v) is 2.97. The highest BCUT2D eigenvalue weighted by Gasteiger charge is 2.32. The maximum atomic E-state index is 5.46. The van der Waals surface area contributed by atoms with Crippen LogP contribution in [-0.4, -0.2) is 32.2 Å². The van der Waals surface area contributed by atoms with Crippen LogP contribution in [0, 0.1) is 0 Å². The van der Waals surface area contributed by atoms with Gasteiger partial charge in [-0.15, -0.1) is 0 Å². The van der Waals surface area contributed by atoms with E-state index < -0.39 is 5.79 Å². The number of rotatable bonds is 3. The number of hydrogen-bond donors (Lipinski definition) is 1. The first-order valence-corrected chi connectivity index (χ1v) is 3.74. The number of hydrogen-bond acceptors (Lipinski definition) is 4. The molecule has 4 heteroatoms. The van der Waals surface area contributed by atoms with Gasteiger partial charge in [0.2, 0.25) is 0 Å². The topological polar surface area (TPSA) is 39.7 Å². The normalized spacial score (nSPS) is 29.2. The van der Waals surface area contributed by atoms with E-state index in [9.17, 15) is 0 Å². The molecule has 0 radical (unpaired) electrons. The number of ether oxygens (including phenoxy) is 2. The van der Waals surface area contributed by atoms with Crippen molar-refractivity contribution in [1.82, 2.24) is 5.48 Å². The SMILES string of the molecule is CNOCC1COC(C)(C)O1. The van der Waals surface area contributed by atoms with E-state index in [0.29, 0.717) is 13.2 Å². The summed E-state index contributed by atoms with van der Waals surface area (Å²) < 4.78 is 10.8. The molecule has 1 unspecified atom stereocenters. The third-order valence-corrected chi connectivity index (χ3v) is 1.48. The van der Waals surface area contributed by atoms with E-state index in [1.807, 2.05) is 13.8 Å². The molecule has 0 aromatic carbocycles. The van der Waals surface area contributed by atoms with Crippen molar-refractivity contribution in [2.24, 2.45) is 0 Å². The second kappa shape index (κ2) is 3.49. The minimum atomic E-state index is -0.443. The van der Waals surface area contributed by atoms with Crippen LogP contribution < -0.4 is 5.48 Å². The Balaban J connectivity index is 2.20. The maximum absolute atomic E-state index is 5.46. The third-order valence-electron chi connectivity index (χ3n) is 1.48. The third kappa shape index (κ3) is 2.75. The summed E-state index contributed by atoms with van der Waals surface area (Å²) in [4.78, 5) is 4.96. The smallest absolute Gasteiger partial charge is 0.163 e. The van der Waals surface area contributed by atoms with Gasteiger partial charge < -0.3 is 9.47 Å². The molecule has 0 bridgehead atoms. The lowest BCUT2D eigenvalue weighted by Gasteiger charge is -2.16. The molecule has 1 saturated heterocycles. The van der Waals surface area contributed by atoms with Gasteiger partial charge in [0.25, 0.3) is 0 Å². The predicted molar refractivity (Wildman–Crippen MR) is 39.9 cm³/mol. The van der Waals surface area contributed by atoms with Crippen molar-refractivity contribution in [2.45, 2.75) is 25.7 Å². The highest BCUT2D eigenvalue weighted by molar-refractivity contribution is 4.69. The standard InChI is InChI=1S/C7H15NO3/c1-7(2)9-4-6(11-7)5-10-8-3/h6,8H,4-5H2,1-3H3. The molecule has 0 aromatic rings. The van der Waals surface area contributed by atoms with Crippen LogP contribution in [0.1, 0.15) is 13.8 Å². The van der Waals surface area contributed by atoms with Crippen molar-refractivity contribution in [2.75, 3.05) is 20.3 Å². The van der Waals surface area contributed by atoms with E-state index in [1.165, 1.54) is 0 Å². The Hall–Kier alpha value is -0.160. The van der Waals surface area contributed by atoms with Gasteiger partial charge in [-0.1, -0.05) is 0 Å². The van der Waals surface area contributed by atoms with E-state index in [4.69, 9.17) is 14.3 Å². The highest BCUT2D eigenvalue weighted by Crippen LogP contribution is 2.21. The molecule has 1 rings (SSSR count). The van der Waals surface area contributed by atoms with Crippen LogP contribution in [0.2, 0.25) is 0 Å². The minimum absolute atomic E-state index is 0.0532. The van der Waals surface area contributed by atoms with Gasteiger partial charge in [0.1, 0.15) is 6.10 Å². The molecule has 0 aliphatic carbocycles. The summed E-state index contributed by atoms with van der Waals surface area (Å²) in [5.74, 6) is -0.443. The monoisotopic (exact) mass is 161 g/mol. The Morgan fingerprint density at radius 1 is 1.64 bits per heavy atom. The van der Waals surface area contributed by atoms with Gasteiger partial charge in [0.05, 0.1) is 13.2 Å². The van der Waals surface area contributed by atoms with E-state index in [2.05, 4.69) is 5.48 Å². The van der Waals surface area contributed by atoms with Crippen molar-refractivity contribution >= 4 is 0 Å². The van der Waals surface area contributed by atoms with Crippen molar-refractivity contribution in [3.8, 4) is 0 Å². The highest BCUT2D eigenvalue weighted by atomic mass is 16.8. The second-order valence-electron chi connectivity index (χ2n) is 2.97. The van der Waals surface area contributed by atoms with E-state index in [0.717, 1.165) is 0 Å². The van der Waals surface area contributed by atoms with Crippen LogP contribution in [0.4, 0.5) is 0 Å². The van der Waals surface area contributed by atoms with Gasteiger partial charge in [-0.2, -0.15) is 0 Å². The molecule has 1 fully saturated rings. The molecule has 1 N–H and O–H groups in total. The van der Waals surface area contributed by atoms with Crippen molar-refractivity contribution < 1.29 is 14.3 Å². The lowest BCUT2D eigenvalue weighted by molar-refractivity contribution is -0.148. The quantitative estimate of drug-likeness (QED) is 0.604. The molecule has 1 aliphatic heterocycles. The fourth-order valence-corrected chi connectivity index (χ4v) is 1.02. The average Bonchev–Trinajstić information content (AvgIpc) is 2.26. The van der Waals surface area contributed by atoms with Crippen molar-refractivity contribution in [3.63, 3.8) is 0 Å². The Kier molecular flexibility index (Phi) is 2.84. The summed E-state index contributed by atoms with van der Waals surface area (Å²) in [6.45, 7) is 4.92. The summed E-state index contributed by atoms with van der Waals surface area (Å²) >= 11 is 0. The molecule has 1 heterocycles. The summed E-state index contributed by atoms with van der Waals surface area (Å²) in [5.41, 5.74) is 2.59. The number of hydroxylamine groups is 1. The molecule has 0 aromatic heterocycles. The molecule has 1 atom stereocenters. The zero-order valence-electron chi connectivity index (χ0n) is 7.22. The predicted octanol–water partition coefficient (Wildman–Crippen LogP) is 0.289. The van der Waals surface area contributed by atoms with E-state index in [-0.39, 0.29) is 6.10 Å². The van der Waals surface area contributed by atoms with Crippen LogP contribution in [-0.2, 0) is 14.3 Å². The van der Waals surface area contributed by atoms with Crippen LogP contribution in [0.15, 0.2) is 0 Å².